The van der Waals surface area contributed by atoms with Gasteiger partial charge in [0.2, 0.25) is 0 Å². The van der Waals surface area contributed by atoms with Crippen LogP contribution in [0, 0.1) is 17.2 Å². The zero-order valence-electron chi connectivity index (χ0n) is 21.2. The van der Waals surface area contributed by atoms with E-state index in [-0.39, 0.29) is 0 Å². The van der Waals surface area contributed by atoms with Gasteiger partial charge in [-0.2, -0.15) is 10.4 Å². The van der Waals surface area contributed by atoms with Crippen LogP contribution in [0.25, 0.3) is 11.3 Å². The van der Waals surface area contributed by atoms with Crippen molar-refractivity contribution in [2.24, 2.45) is 5.92 Å². The van der Waals surface area contributed by atoms with Gasteiger partial charge in [-0.25, -0.2) is 0 Å². The number of aromatic amines is 1. The third-order valence-corrected chi connectivity index (χ3v) is 8.19. The number of nitrogens with one attached hydrogen (secondary N) is 2. The maximum absolute atomic E-state index is 9.80. The van der Waals surface area contributed by atoms with E-state index in [1.54, 1.807) is 6.20 Å². The van der Waals surface area contributed by atoms with Gasteiger partial charge in [0, 0.05) is 24.0 Å². The lowest BCUT2D eigenvalue weighted by molar-refractivity contribution is 0.231. The molecule has 5 heteroatoms. The highest BCUT2D eigenvalue weighted by Gasteiger charge is 2.30. The number of fused-ring (bicyclic) bond motifs is 2. The maximum Gasteiger partial charge on any atom is 0.0994 e. The van der Waals surface area contributed by atoms with E-state index in [1.807, 2.05) is 12.1 Å². The van der Waals surface area contributed by atoms with Crippen LogP contribution in [0.2, 0.25) is 0 Å². The van der Waals surface area contributed by atoms with Crippen LogP contribution in [0.4, 0.5) is 5.69 Å². The average molecular weight is 488 g/mol. The van der Waals surface area contributed by atoms with Crippen molar-refractivity contribution >= 4 is 5.69 Å². The number of nitrogens with zero attached hydrogens (tertiary/aromatic N) is 3. The van der Waals surface area contributed by atoms with Gasteiger partial charge in [0.05, 0.1) is 23.4 Å². The maximum atomic E-state index is 9.80. The molecule has 2 atom stereocenters. The molecule has 1 fully saturated rings. The summed E-state index contributed by atoms with van der Waals surface area (Å²) in [4.78, 5) is 2.71. The van der Waals surface area contributed by atoms with Gasteiger partial charge in [0.25, 0.3) is 0 Å². The van der Waals surface area contributed by atoms with E-state index >= 15 is 0 Å². The van der Waals surface area contributed by atoms with Crippen LogP contribution in [0.1, 0.15) is 59.5 Å². The first-order valence-electron chi connectivity index (χ1n) is 13.5. The molecule has 0 spiro atoms. The third kappa shape index (κ3) is 4.90. The van der Waals surface area contributed by atoms with Crippen molar-refractivity contribution in [1.29, 1.82) is 5.26 Å². The Morgan fingerprint density at radius 2 is 1.81 bits per heavy atom. The molecule has 0 aliphatic carbocycles. The van der Waals surface area contributed by atoms with Crippen molar-refractivity contribution in [3.8, 4) is 17.3 Å². The van der Waals surface area contributed by atoms with E-state index < -0.39 is 0 Å². The van der Waals surface area contributed by atoms with Gasteiger partial charge < -0.3 is 5.32 Å². The van der Waals surface area contributed by atoms with Crippen LogP contribution in [0.15, 0.2) is 79.0 Å². The molecule has 6 rings (SSSR count). The molecule has 3 aromatic carbocycles. The molecule has 1 aromatic heterocycles. The first-order chi connectivity index (χ1) is 18.3. The van der Waals surface area contributed by atoms with Crippen molar-refractivity contribution in [2.75, 3.05) is 18.4 Å². The Kier molecular flexibility index (Phi) is 6.75. The molecular weight excluding hydrogens is 454 g/mol. The van der Waals surface area contributed by atoms with E-state index in [0.29, 0.717) is 12.0 Å². The smallest absolute Gasteiger partial charge is 0.0994 e. The van der Waals surface area contributed by atoms with Crippen LogP contribution in [-0.2, 0) is 13.0 Å². The van der Waals surface area contributed by atoms with Crippen LogP contribution < -0.4 is 5.32 Å². The minimum Gasteiger partial charge on any atom is -0.381 e. The molecule has 0 amide bonds. The van der Waals surface area contributed by atoms with Crippen molar-refractivity contribution in [3.05, 3.63) is 107 Å². The van der Waals surface area contributed by atoms with Crippen molar-refractivity contribution < 1.29 is 0 Å². The van der Waals surface area contributed by atoms with Crippen LogP contribution in [0.3, 0.4) is 0 Å². The van der Waals surface area contributed by atoms with E-state index in [4.69, 9.17) is 0 Å². The molecule has 2 aliphatic rings. The van der Waals surface area contributed by atoms with Gasteiger partial charge >= 0.3 is 0 Å². The summed E-state index contributed by atoms with van der Waals surface area (Å²) in [5.41, 5.74) is 9.38. The van der Waals surface area contributed by atoms with Gasteiger partial charge in [-0.15, -0.1) is 0 Å². The summed E-state index contributed by atoms with van der Waals surface area (Å²) >= 11 is 0. The number of benzene rings is 3. The summed E-state index contributed by atoms with van der Waals surface area (Å²) in [6, 6.07) is 28.6. The standard InChI is InChI=1S/C32H33N5/c33-21-27-20-25(30-15-17-35-36-30)14-13-24(27)12-11-23-6-5-18-37(19-16-23)32-28-8-2-1-7-26(28)22-34-31-10-4-3-9-29(31)32/h1-4,7-10,13-15,17,20,23,32,34H,5-6,11-12,16,18-19,22H2,(H,35,36). The topological polar surface area (TPSA) is 67.7 Å². The summed E-state index contributed by atoms with van der Waals surface area (Å²) in [5, 5.41) is 20.5. The monoisotopic (exact) mass is 487 g/mol. The summed E-state index contributed by atoms with van der Waals surface area (Å²) in [7, 11) is 0. The molecule has 4 aromatic rings. The Morgan fingerprint density at radius 3 is 2.68 bits per heavy atom. The highest BCUT2D eigenvalue weighted by Crippen LogP contribution is 2.39. The molecule has 0 bridgehead atoms. The molecule has 37 heavy (non-hydrogen) atoms. The number of aryl methyl sites for hydroxylation is 1. The predicted octanol–water partition coefficient (Wildman–Crippen LogP) is 6.70. The second kappa shape index (κ2) is 10.6. The fourth-order valence-electron chi connectivity index (χ4n) is 6.19. The SMILES string of the molecule is N#Cc1cc(-c2ccn[nH]2)ccc1CCC1CCCN(C2c3ccccc3CNc3ccccc32)CC1. The highest BCUT2D eigenvalue weighted by molar-refractivity contribution is 5.62. The number of H-pyrrole nitrogens is 1. The van der Waals surface area contributed by atoms with Gasteiger partial charge in [-0.1, -0.05) is 54.6 Å². The van der Waals surface area contributed by atoms with Gasteiger partial charge in [-0.3, -0.25) is 10.00 Å². The molecule has 5 nitrogen and oxygen atoms in total. The molecule has 0 radical (unpaired) electrons. The molecule has 1 saturated heterocycles. The molecule has 3 heterocycles. The van der Waals surface area contributed by atoms with E-state index in [9.17, 15) is 5.26 Å². The first kappa shape index (κ1) is 23.5. The minimum atomic E-state index is 0.293. The van der Waals surface area contributed by atoms with E-state index in [0.717, 1.165) is 54.9 Å². The van der Waals surface area contributed by atoms with Gasteiger partial charge in [-0.05, 0) is 91.6 Å². The second-order valence-corrected chi connectivity index (χ2v) is 10.4. The Morgan fingerprint density at radius 1 is 0.946 bits per heavy atom. The van der Waals surface area contributed by atoms with Crippen molar-refractivity contribution in [1.82, 2.24) is 15.1 Å². The fourth-order valence-corrected chi connectivity index (χ4v) is 6.19. The Bertz CT molecular complexity index is 1350. The predicted molar refractivity (Wildman–Crippen MR) is 148 cm³/mol. The average Bonchev–Trinajstić information content (AvgIpc) is 3.31. The second-order valence-electron chi connectivity index (χ2n) is 10.4. The van der Waals surface area contributed by atoms with Crippen molar-refractivity contribution in [3.63, 3.8) is 0 Å². The summed E-state index contributed by atoms with van der Waals surface area (Å²) in [6.07, 6.45) is 7.48. The summed E-state index contributed by atoms with van der Waals surface area (Å²) in [6.45, 7) is 3.09. The number of anilines is 1. The number of rotatable bonds is 5. The lowest BCUT2D eigenvalue weighted by Crippen LogP contribution is -2.31. The summed E-state index contributed by atoms with van der Waals surface area (Å²) < 4.78 is 0. The molecular formula is C32H33N5. The number of aromatic nitrogens is 2. The quantitative estimate of drug-likeness (QED) is 0.329. The molecule has 2 unspecified atom stereocenters. The zero-order chi connectivity index (χ0) is 25.0. The Balaban J connectivity index is 1.17. The molecule has 2 aliphatic heterocycles. The van der Waals surface area contributed by atoms with Crippen molar-refractivity contribution in [2.45, 2.75) is 44.7 Å². The molecule has 2 N–H and O–H groups in total. The van der Waals surface area contributed by atoms with Crippen LogP contribution in [-0.4, -0.2) is 28.2 Å². The Hall–Kier alpha value is -3.88. The van der Waals surface area contributed by atoms with E-state index in [1.165, 1.54) is 41.6 Å². The Labute approximate surface area is 219 Å². The number of nitriles is 1. The lowest BCUT2D eigenvalue weighted by atomic mass is 9.91. The largest absolute Gasteiger partial charge is 0.381 e. The number of hydrogen-bond acceptors (Lipinski definition) is 4. The third-order valence-electron chi connectivity index (χ3n) is 8.19. The minimum absolute atomic E-state index is 0.293. The first-order valence-corrected chi connectivity index (χ1v) is 13.5. The van der Waals surface area contributed by atoms with Gasteiger partial charge in [0.1, 0.15) is 0 Å². The number of likely N-dealkylation sites (tertiary alicyclic amines) is 1. The fraction of sp³-hybridized carbons (Fsp3) is 0.312. The number of hydrogen-bond donors (Lipinski definition) is 2. The van der Waals surface area contributed by atoms with Gasteiger partial charge in [0.15, 0.2) is 0 Å². The van der Waals surface area contributed by atoms with E-state index in [2.05, 4.69) is 87.1 Å². The molecule has 0 saturated carbocycles. The highest BCUT2D eigenvalue weighted by atomic mass is 15.2. The zero-order valence-corrected chi connectivity index (χ0v) is 21.2. The van der Waals surface area contributed by atoms with Crippen LogP contribution in [0.5, 0.6) is 0 Å². The summed E-state index contributed by atoms with van der Waals surface area (Å²) in [5.74, 6) is 0.679. The normalized spacial score (nSPS) is 19.5. The lowest BCUT2D eigenvalue weighted by Gasteiger charge is -2.32. The molecule has 186 valence electrons. The van der Waals surface area contributed by atoms with Crippen LogP contribution >= 0.6 is 0 Å². The number of para-hydroxylation sites is 1.